The van der Waals surface area contributed by atoms with Gasteiger partial charge in [-0.2, -0.15) is 0 Å². The zero-order chi connectivity index (χ0) is 21.1. The molecule has 7 nitrogen and oxygen atoms in total. The third kappa shape index (κ3) is 4.10. The van der Waals surface area contributed by atoms with Crippen LogP contribution >= 0.6 is 0 Å². The molecule has 1 aromatic heterocycles. The maximum atomic E-state index is 12.8. The number of nitrogens with one attached hydrogen (secondary N) is 2. The molecular formula is C23H22N4O3. The highest BCUT2D eigenvalue weighted by molar-refractivity contribution is 6.03. The fourth-order valence-electron chi connectivity index (χ4n) is 3.43. The number of carbonyl (C=O) groups excluding carboxylic acids is 2. The van der Waals surface area contributed by atoms with Crippen LogP contribution in [0, 0.1) is 6.92 Å². The van der Waals surface area contributed by atoms with Crippen molar-refractivity contribution in [1.82, 2.24) is 10.3 Å². The quantitative estimate of drug-likeness (QED) is 0.687. The molecule has 2 N–H and O–H groups in total. The predicted octanol–water partition coefficient (Wildman–Crippen LogP) is 4.14. The van der Waals surface area contributed by atoms with Crippen molar-refractivity contribution < 1.29 is 14.3 Å². The number of ether oxygens (including phenoxy) is 1. The number of hydrogen-bond acceptors (Lipinski definition) is 4. The van der Waals surface area contributed by atoms with Crippen LogP contribution in [0.2, 0.25) is 0 Å². The molecule has 0 radical (unpaired) electrons. The molecule has 0 saturated heterocycles. The summed E-state index contributed by atoms with van der Waals surface area (Å²) >= 11 is 0. The van der Waals surface area contributed by atoms with Gasteiger partial charge in [0.15, 0.2) is 0 Å². The normalized spacial score (nSPS) is 12.3. The second-order valence-corrected chi connectivity index (χ2v) is 7.05. The molecule has 152 valence electrons. The van der Waals surface area contributed by atoms with E-state index in [-0.39, 0.29) is 17.6 Å². The summed E-state index contributed by atoms with van der Waals surface area (Å²) in [5.74, 6) is 0.734. The van der Waals surface area contributed by atoms with Crippen molar-refractivity contribution in [3.63, 3.8) is 0 Å². The number of aromatic nitrogens is 1. The number of benzene rings is 2. The zero-order valence-electron chi connectivity index (χ0n) is 16.8. The van der Waals surface area contributed by atoms with E-state index in [4.69, 9.17) is 4.74 Å². The third-order valence-corrected chi connectivity index (χ3v) is 4.89. The highest BCUT2D eigenvalue weighted by Crippen LogP contribution is 2.30. The summed E-state index contributed by atoms with van der Waals surface area (Å²) in [6, 6.07) is 16.3. The van der Waals surface area contributed by atoms with E-state index in [0.29, 0.717) is 23.7 Å². The summed E-state index contributed by atoms with van der Waals surface area (Å²) in [5.41, 5.74) is 4.22. The number of amides is 3. The summed E-state index contributed by atoms with van der Waals surface area (Å²) in [6.45, 7) is 2.70. The lowest BCUT2D eigenvalue weighted by molar-refractivity contribution is 0.0958. The Morgan fingerprint density at radius 2 is 1.90 bits per heavy atom. The number of nitrogens with zero attached hydrogens (tertiary/aromatic N) is 2. The Morgan fingerprint density at radius 3 is 2.73 bits per heavy atom. The molecule has 0 unspecified atom stereocenters. The Labute approximate surface area is 174 Å². The standard InChI is InChI=1S/C23H22N4O3/c1-15-6-7-21-16(12-15)9-11-27(21)23(29)26-17-4-3-5-18(13-17)30-19-8-10-25-20(14-19)22(28)24-2/h3-8,10,12-14H,9,11H2,1-2H3,(H,24,28)(H,26,29). The summed E-state index contributed by atoms with van der Waals surface area (Å²) < 4.78 is 5.85. The molecule has 0 spiro atoms. The fraction of sp³-hybridized carbons (Fsp3) is 0.174. The van der Waals surface area contributed by atoms with Crippen LogP contribution in [0.1, 0.15) is 21.6 Å². The van der Waals surface area contributed by atoms with Gasteiger partial charge in [0, 0.05) is 43.3 Å². The average molecular weight is 402 g/mol. The molecular weight excluding hydrogens is 380 g/mol. The minimum atomic E-state index is -0.289. The van der Waals surface area contributed by atoms with E-state index in [1.165, 1.54) is 17.3 Å². The number of rotatable bonds is 4. The Kier molecular flexibility index (Phi) is 5.34. The molecule has 0 aliphatic carbocycles. The predicted molar refractivity (Wildman–Crippen MR) is 115 cm³/mol. The number of hydrogen-bond donors (Lipinski definition) is 2. The molecule has 3 aromatic rings. The van der Waals surface area contributed by atoms with Gasteiger partial charge in [0.2, 0.25) is 0 Å². The Bertz CT molecular complexity index is 1110. The second kappa shape index (κ2) is 8.24. The van der Waals surface area contributed by atoms with E-state index in [1.54, 1.807) is 48.3 Å². The van der Waals surface area contributed by atoms with Gasteiger partial charge in [0.25, 0.3) is 5.91 Å². The highest BCUT2D eigenvalue weighted by Gasteiger charge is 2.24. The topological polar surface area (TPSA) is 83.6 Å². The van der Waals surface area contributed by atoms with E-state index < -0.39 is 0 Å². The lowest BCUT2D eigenvalue weighted by atomic mass is 10.1. The summed E-state index contributed by atoms with van der Waals surface area (Å²) in [5, 5.41) is 5.47. The van der Waals surface area contributed by atoms with Crippen LogP contribution < -0.4 is 20.3 Å². The van der Waals surface area contributed by atoms with Gasteiger partial charge in [-0.25, -0.2) is 4.79 Å². The molecule has 7 heteroatoms. The number of pyridine rings is 1. The van der Waals surface area contributed by atoms with E-state index in [9.17, 15) is 9.59 Å². The van der Waals surface area contributed by atoms with Gasteiger partial charge in [0.1, 0.15) is 17.2 Å². The molecule has 0 fully saturated rings. The van der Waals surface area contributed by atoms with Gasteiger partial charge < -0.3 is 15.4 Å². The van der Waals surface area contributed by atoms with Crippen molar-refractivity contribution in [2.24, 2.45) is 0 Å². The summed E-state index contributed by atoms with van der Waals surface area (Å²) in [7, 11) is 1.55. The molecule has 30 heavy (non-hydrogen) atoms. The lowest BCUT2D eigenvalue weighted by Gasteiger charge is -2.18. The first-order chi connectivity index (χ1) is 14.5. The monoisotopic (exact) mass is 402 g/mol. The Hall–Kier alpha value is -3.87. The lowest BCUT2D eigenvalue weighted by Crippen LogP contribution is -2.33. The van der Waals surface area contributed by atoms with Crippen LogP contribution in [0.25, 0.3) is 0 Å². The van der Waals surface area contributed by atoms with Crippen molar-refractivity contribution in [1.29, 1.82) is 0 Å². The van der Waals surface area contributed by atoms with Crippen LogP contribution in [-0.2, 0) is 6.42 Å². The molecule has 1 aliphatic heterocycles. The SMILES string of the molecule is CNC(=O)c1cc(Oc2cccc(NC(=O)N3CCc4cc(C)ccc43)c2)ccn1. The number of carbonyl (C=O) groups is 2. The average Bonchev–Trinajstić information content (AvgIpc) is 3.16. The van der Waals surface area contributed by atoms with E-state index >= 15 is 0 Å². The highest BCUT2D eigenvalue weighted by atomic mass is 16.5. The van der Waals surface area contributed by atoms with Gasteiger partial charge in [-0.05, 0) is 43.2 Å². The van der Waals surface area contributed by atoms with Crippen LogP contribution in [0.5, 0.6) is 11.5 Å². The molecule has 2 aromatic carbocycles. The van der Waals surface area contributed by atoms with Gasteiger partial charge in [-0.1, -0.05) is 23.8 Å². The van der Waals surface area contributed by atoms with E-state index in [1.807, 2.05) is 12.1 Å². The minimum absolute atomic E-state index is 0.180. The van der Waals surface area contributed by atoms with Crippen LogP contribution in [-0.4, -0.2) is 30.5 Å². The third-order valence-electron chi connectivity index (χ3n) is 4.89. The number of urea groups is 1. The van der Waals surface area contributed by atoms with Crippen LogP contribution in [0.15, 0.2) is 60.8 Å². The first-order valence-corrected chi connectivity index (χ1v) is 9.67. The first kappa shape index (κ1) is 19.4. The van der Waals surface area contributed by atoms with Crippen molar-refractivity contribution in [2.75, 3.05) is 23.8 Å². The fourth-order valence-corrected chi connectivity index (χ4v) is 3.43. The summed E-state index contributed by atoms with van der Waals surface area (Å²) in [4.78, 5) is 30.3. The Balaban J connectivity index is 1.47. The van der Waals surface area contributed by atoms with Crippen molar-refractivity contribution in [3.8, 4) is 11.5 Å². The number of fused-ring (bicyclic) bond motifs is 1. The van der Waals surface area contributed by atoms with Crippen molar-refractivity contribution >= 4 is 23.3 Å². The van der Waals surface area contributed by atoms with Gasteiger partial charge >= 0.3 is 6.03 Å². The minimum Gasteiger partial charge on any atom is -0.457 e. The molecule has 0 atom stereocenters. The maximum Gasteiger partial charge on any atom is 0.326 e. The van der Waals surface area contributed by atoms with Gasteiger partial charge in [-0.15, -0.1) is 0 Å². The smallest absolute Gasteiger partial charge is 0.326 e. The van der Waals surface area contributed by atoms with E-state index in [0.717, 1.165) is 12.1 Å². The molecule has 3 amide bonds. The number of anilines is 2. The van der Waals surface area contributed by atoms with Crippen LogP contribution in [0.4, 0.5) is 16.2 Å². The second-order valence-electron chi connectivity index (χ2n) is 7.05. The van der Waals surface area contributed by atoms with E-state index in [2.05, 4.69) is 28.6 Å². The van der Waals surface area contributed by atoms with Gasteiger partial charge in [0.05, 0.1) is 0 Å². The molecule has 1 aliphatic rings. The molecule has 2 heterocycles. The van der Waals surface area contributed by atoms with Gasteiger partial charge in [-0.3, -0.25) is 14.7 Å². The largest absolute Gasteiger partial charge is 0.457 e. The van der Waals surface area contributed by atoms with Crippen molar-refractivity contribution in [2.45, 2.75) is 13.3 Å². The molecule has 0 saturated carbocycles. The summed E-state index contributed by atoms with van der Waals surface area (Å²) in [6.07, 6.45) is 2.36. The zero-order valence-corrected chi connectivity index (χ0v) is 16.8. The Morgan fingerprint density at radius 1 is 1.07 bits per heavy atom. The first-order valence-electron chi connectivity index (χ1n) is 9.67. The van der Waals surface area contributed by atoms with Crippen LogP contribution in [0.3, 0.4) is 0 Å². The molecule has 0 bridgehead atoms. The maximum absolute atomic E-state index is 12.8. The van der Waals surface area contributed by atoms with Crippen molar-refractivity contribution in [3.05, 3.63) is 77.6 Å². The molecule has 4 rings (SSSR count). The number of aryl methyl sites for hydroxylation is 1.